The van der Waals surface area contributed by atoms with Crippen molar-refractivity contribution in [2.75, 3.05) is 5.32 Å². The Balaban J connectivity index is 1.93. The fourth-order valence-corrected chi connectivity index (χ4v) is 3.31. The number of H-pyrrole nitrogens is 1. The van der Waals surface area contributed by atoms with Gasteiger partial charge in [-0.1, -0.05) is 35.3 Å². The highest BCUT2D eigenvalue weighted by Gasteiger charge is 2.12. The molecule has 1 atom stereocenters. The molecule has 2 aromatic carbocycles. The second-order valence-corrected chi connectivity index (χ2v) is 6.89. The Hall–Kier alpha value is -1.93. The quantitative estimate of drug-likeness (QED) is 0.639. The first-order chi connectivity index (χ1) is 11.4. The molecule has 0 fully saturated rings. The molecule has 4 N–H and O–H groups in total. The Kier molecular flexibility index (Phi) is 4.86. The fourth-order valence-electron chi connectivity index (χ4n) is 2.20. The van der Waals surface area contributed by atoms with Gasteiger partial charge in [0.2, 0.25) is 5.95 Å². The maximum atomic E-state index is 11.3. The van der Waals surface area contributed by atoms with Crippen molar-refractivity contribution in [1.29, 1.82) is 0 Å². The summed E-state index contributed by atoms with van der Waals surface area (Å²) in [4.78, 5) is 4.70. The summed E-state index contributed by atoms with van der Waals surface area (Å²) >= 11 is 12.8. The van der Waals surface area contributed by atoms with Gasteiger partial charge in [0.25, 0.3) is 0 Å². The molecular formula is C15H13Cl2N5OS. The Morgan fingerprint density at radius 2 is 1.79 bits per heavy atom. The van der Waals surface area contributed by atoms with Crippen molar-refractivity contribution >= 4 is 45.8 Å². The summed E-state index contributed by atoms with van der Waals surface area (Å²) in [7, 11) is -1.52. The maximum Gasteiger partial charge on any atom is 0.246 e. The number of hydrogen-bond acceptors (Lipinski definition) is 4. The van der Waals surface area contributed by atoms with Gasteiger partial charge in [0.15, 0.2) is 0 Å². The first kappa shape index (κ1) is 16.9. The van der Waals surface area contributed by atoms with Crippen LogP contribution in [0.5, 0.6) is 0 Å². The van der Waals surface area contributed by atoms with E-state index in [0.717, 1.165) is 5.56 Å². The van der Waals surface area contributed by atoms with Crippen LogP contribution in [0.4, 0.5) is 11.6 Å². The van der Waals surface area contributed by atoms with Crippen LogP contribution in [0.1, 0.15) is 5.82 Å². The van der Waals surface area contributed by atoms with Crippen LogP contribution < -0.4 is 10.5 Å². The molecule has 3 aromatic rings. The molecule has 0 aliphatic carbocycles. The molecule has 0 aliphatic heterocycles. The molecule has 1 heterocycles. The minimum absolute atomic E-state index is 0.433. The van der Waals surface area contributed by atoms with E-state index < -0.39 is 11.0 Å². The lowest BCUT2D eigenvalue weighted by atomic mass is 10.1. The van der Waals surface area contributed by atoms with Gasteiger partial charge in [-0.15, -0.1) is 5.10 Å². The van der Waals surface area contributed by atoms with Crippen molar-refractivity contribution in [1.82, 2.24) is 15.2 Å². The highest BCUT2D eigenvalue weighted by Crippen LogP contribution is 2.38. The third-order valence-electron chi connectivity index (χ3n) is 3.27. The highest BCUT2D eigenvalue weighted by atomic mass is 35.5. The van der Waals surface area contributed by atoms with Gasteiger partial charge in [0.1, 0.15) is 16.8 Å². The molecule has 124 valence electrons. The Bertz CT molecular complexity index is 887. The molecule has 0 aliphatic rings. The summed E-state index contributed by atoms with van der Waals surface area (Å²) in [6, 6.07) is 10.4. The zero-order valence-corrected chi connectivity index (χ0v) is 14.8. The molecule has 1 aromatic heterocycles. The highest BCUT2D eigenvalue weighted by molar-refractivity contribution is 7.82. The van der Waals surface area contributed by atoms with Gasteiger partial charge in [-0.3, -0.25) is 5.10 Å². The van der Waals surface area contributed by atoms with Crippen LogP contribution in [-0.4, -0.2) is 19.4 Å². The summed E-state index contributed by atoms with van der Waals surface area (Å²) in [5, 5.41) is 16.1. The van der Waals surface area contributed by atoms with Crippen LogP contribution in [0, 0.1) is 6.92 Å². The largest absolute Gasteiger partial charge is 0.323 e. The molecule has 0 saturated carbocycles. The number of nitrogens with two attached hydrogens (primary N) is 1. The first-order valence-electron chi connectivity index (χ1n) is 6.85. The van der Waals surface area contributed by atoms with Crippen LogP contribution >= 0.6 is 23.2 Å². The summed E-state index contributed by atoms with van der Waals surface area (Å²) in [5.41, 5.74) is 2.16. The Morgan fingerprint density at radius 1 is 1.17 bits per heavy atom. The number of nitrogens with zero attached hydrogens (tertiary/aromatic N) is 2. The molecule has 0 saturated heterocycles. The summed E-state index contributed by atoms with van der Waals surface area (Å²) in [6.07, 6.45) is 0. The SMILES string of the molecule is Cc1nc(Nc2cc(Cl)c(-c3ccc(S(N)=O)cc3)c(Cl)c2)n[nH]1. The first-order valence-corrected chi connectivity index (χ1v) is 8.82. The van der Waals surface area contributed by atoms with Crippen molar-refractivity contribution in [2.45, 2.75) is 11.8 Å². The van der Waals surface area contributed by atoms with Crippen molar-refractivity contribution in [3.63, 3.8) is 0 Å². The monoisotopic (exact) mass is 381 g/mol. The molecule has 0 spiro atoms. The van der Waals surface area contributed by atoms with Crippen molar-refractivity contribution in [3.05, 3.63) is 52.3 Å². The van der Waals surface area contributed by atoms with E-state index in [9.17, 15) is 4.21 Å². The predicted molar refractivity (Wildman–Crippen MR) is 96.9 cm³/mol. The number of benzene rings is 2. The fraction of sp³-hybridized carbons (Fsp3) is 0.0667. The van der Waals surface area contributed by atoms with E-state index in [1.54, 1.807) is 43.3 Å². The maximum absolute atomic E-state index is 11.3. The lowest BCUT2D eigenvalue weighted by molar-refractivity contribution is 0.684. The van der Waals surface area contributed by atoms with Crippen LogP contribution in [0.15, 0.2) is 41.3 Å². The van der Waals surface area contributed by atoms with Gasteiger partial charge < -0.3 is 5.32 Å². The lowest BCUT2D eigenvalue weighted by Gasteiger charge is -2.11. The number of aromatic amines is 1. The molecule has 9 heteroatoms. The van der Waals surface area contributed by atoms with E-state index in [-0.39, 0.29) is 0 Å². The van der Waals surface area contributed by atoms with Crippen molar-refractivity contribution < 1.29 is 4.21 Å². The second kappa shape index (κ2) is 6.90. The summed E-state index contributed by atoms with van der Waals surface area (Å²) in [5.74, 6) is 1.13. The molecule has 24 heavy (non-hydrogen) atoms. The summed E-state index contributed by atoms with van der Waals surface area (Å²) in [6.45, 7) is 1.80. The van der Waals surface area contributed by atoms with Gasteiger partial charge in [0.05, 0.1) is 14.9 Å². The third-order valence-corrected chi connectivity index (χ3v) is 4.60. The third kappa shape index (κ3) is 3.59. The zero-order chi connectivity index (χ0) is 17.3. The van der Waals surface area contributed by atoms with Gasteiger partial charge in [-0.25, -0.2) is 9.35 Å². The number of rotatable bonds is 4. The van der Waals surface area contributed by atoms with Gasteiger partial charge >= 0.3 is 0 Å². The van der Waals surface area contributed by atoms with Gasteiger partial charge in [-0.2, -0.15) is 4.98 Å². The van der Waals surface area contributed by atoms with Crippen LogP contribution in [0.2, 0.25) is 10.0 Å². The topological polar surface area (TPSA) is 96.7 Å². The molecule has 1 unspecified atom stereocenters. The molecule has 3 rings (SSSR count). The number of halogens is 2. The van der Waals surface area contributed by atoms with Crippen molar-refractivity contribution in [2.24, 2.45) is 5.14 Å². The smallest absolute Gasteiger partial charge is 0.246 e. The Morgan fingerprint density at radius 3 is 2.29 bits per heavy atom. The molecule has 0 bridgehead atoms. The standard InChI is InChI=1S/C15H13Cl2N5OS/c1-8-19-15(22-21-8)20-10-6-12(16)14(13(17)7-10)9-2-4-11(5-3-9)24(18)23/h2-7H,18H2,1H3,(H2,19,20,21,22). The van der Waals surface area contributed by atoms with Crippen LogP contribution in [0.3, 0.4) is 0 Å². The normalized spacial score (nSPS) is 12.2. The predicted octanol–water partition coefficient (Wildman–Crippen LogP) is 3.81. The van der Waals surface area contributed by atoms with Crippen LogP contribution in [0.25, 0.3) is 11.1 Å². The molecule has 0 amide bonds. The molecular weight excluding hydrogens is 369 g/mol. The lowest BCUT2D eigenvalue weighted by Crippen LogP contribution is -2.02. The number of anilines is 2. The van der Waals surface area contributed by atoms with Crippen LogP contribution in [-0.2, 0) is 11.0 Å². The minimum atomic E-state index is -1.52. The van der Waals surface area contributed by atoms with E-state index >= 15 is 0 Å². The number of nitrogens with one attached hydrogen (secondary N) is 2. The van der Waals surface area contributed by atoms with Gasteiger partial charge in [-0.05, 0) is 36.8 Å². The molecule has 6 nitrogen and oxygen atoms in total. The van der Waals surface area contributed by atoms with Crippen molar-refractivity contribution in [3.8, 4) is 11.1 Å². The van der Waals surface area contributed by atoms with E-state index in [1.165, 1.54) is 0 Å². The van der Waals surface area contributed by atoms with E-state index in [4.69, 9.17) is 28.3 Å². The number of aromatic nitrogens is 3. The van der Waals surface area contributed by atoms with Gasteiger partial charge in [0, 0.05) is 11.3 Å². The van der Waals surface area contributed by atoms with E-state index in [1.807, 2.05) is 0 Å². The number of hydrogen-bond donors (Lipinski definition) is 3. The Labute approximate surface area is 151 Å². The average molecular weight is 382 g/mol. The zero-order valence-electron chi connectivity index (χ0n) is 12.5. The molecule has 0 radical (unpaired) electrons. The second-order valence-electron chi connectivity index (χ2n) is 5.01. The van der Waals surface area contributed by atoms with E-state index in [0.29, 0.717) is 38.0 Å². The minimum Gasteiger partial charge on any atom is -0.323 e. The average Bonchev–Trinajstić information content (AvgIpc) is 2.92. The number of aryl methyl sites for hydroxylation is 1. The van der Waals surface area contributed by atoms with E-state index in [2.05, 4.69) is 20.5 Å². The summed E-state index contributed by atoms with van der Waals surface area (Å²) < 4.78 is 11.3.